The lowest BCUT2D eigenvalue weighted by molar-refractivity contribution is -0.133. The van der Waals surface area contributed by atoms with Crippen molar-refractivity contribution in [3.05, 3.63) is 242 Å². The van der Waals surface area contributed by atoms with Crippen LogP contribution in [0.25, 0.3) is 58.3 Å². The Labute approximate surface area is 350 Å². The Morgan fingerprint density at radius 2 is 0.667 bits per heavy atom. The number of hydrogen-bond acceptors (Lipinski definition) is 3. The van der Waals surface area contributed by atoms with Crippen LogP contribution >= 0.6 is 0 Å². The second-order valence-corrected chi connectivity index (χ2v) is 13.6. The van der Waals surface area contributed by atoms with E-state index < -0.39 is 11.9 Å². The third-order valence-corrected chi connectivity index (χ3v) is 9.31. The monoisotopic (exact) mass is 781 g/mol. The van der Waals surface area contributed by atoms with E-state index in [-0.39, 0.29) is 11.4 Å². The molecule has 0 saturated carbocycles. The number of rotatable bonds is 14. The van der Waals surface area contributed by atoms with Crippen molar-refractivity contribution >= 4 is 77.6 Å². The largest absolute Gasteiger partial charge is 0.486 e. The van der Waals surface area contributed by atoms with Gasteiger partial charge in [0.2, 0.25) is 0 Å². The molecular formula is C53H39N3O4. The van der Waals surface area contributed by atoms with Crippen molar-refractivity contribution in [1.29, 1.82) is 0 Å². The highest BCUT2D eigenvalue weighted by atomic mass is 16.4. The Balaban J connectivity index is 1.22. The standard InChI is InChI=1S/C53H39N3O4/c1-38-8-10-39(11-9-38)6-4-5-7-40-24-30-47(31-25-40)56(48-32-26-43(27-33-48)14-12-41-16-20-45(21-17-41)36-50(54-2)52(57)58)49-34-28-44(29-35-49)15-13-42-18-22-46(23-19-42)37-51(55-3)53(59)60/h4-37H,1H3,(H,57,58)(H,59,60). The predicted octanol–water partition coefficient (Wildman–Crippen LogP) is 13.2. The molecule has 0 heterocycles. The summed E-state index contributed by atoms with van der Waals surface area (Å²) in [4.78, 5) is 30.7. The topological polar surface area (TPSA) is 86.6 Å². The number of carbonyl (C=O) groups is 2. The average molecular weight is 782 g/mol. The summed E-state index contributed by atoms with van der Waals surface area (Å²) in [5.74, 6) is -2.50. The molecule has 0 amide bonds. The molecular weight excluding hydrogens is 743 g/mol. The van der Waals surface area contributed by atoms with Crippen molar-refractivity contribution in [3.63, 3.8) is 0 Å². The van der Waals surface area contributed by atoms with Gasteiger partial charge in [-0.15, -0.1) is 0 Å². The van der Waals surface area contributed by atoms with Gasteiger partial charge in [0.1, 0.15) is 0 Å². The molecule has 0 saturated heterocycles. The zero-order valence-electron chi connectivity index (χ0n) is 32.7. The van der Waals surface area contributed by atoms with Gasteiger partial charge in [0, 0.05) is 17.1 Å². The van der Waals surface area contributed by atoms with Crippen LogP contribution in [0.15, 0.2) is 169 Å². The van der Waals surface area contributed by atoms with Crippen LogP contribution in [0.1, 0.15) is 50.1 Å². The second-order valence-electron chi connectivity index (χ2n) is 13.6. The lowest BCUT2D eigenvalue weighted by atomic mass is 10.1. The second kappa shape index (κ2) is 20.1. The lowest BCUT2D eigenvalue weighted by Gasteiger charge is -2.26. The Kier molecular flexibility index (Phi) is 13.8. The first-order valence-corrected chi connectivity index (χ1v) is 18.9. The van der Waals surface area contributed by atoms with E-state index in [1.165, 1.54) is 17.7 Å². The molecule has 0 aliphatic heterocycles. The van der Waals surface area contributed by atoms with E-state index in [1.807, 2.05) is 60.7 Å². The number of aryl methyl sites for hydroxylation is 1. The van der Waals surface area contributed by atoms with Crippen LogP contribution in [0, 0.1) is 20.1 Å². The summed E-state index contributed by atoms with van der Waals surface area (Å²) < 4.78 is 0. The maximum absolute atomic E-state index is 11.2. The van der Waals surface area contributed by atoms with Crippen molar-refractivity contribution in [1.82, 2.24) is 0 Å². The Hall–Kier alpha value is -8.52. The molecule has 7 heteroatoms. The molecule has 0 spiro atoms. The number of hydrogen-bond donors (Lipinski definition) is 2. The van der Waals surface area contributed by atoms with Gasteiger partial charge in [-0.2, -0.15) is 0 Å². The van der Waals surface area contributed by atoms with Gasteiger partial charge in [0.25, 0.3) is 11.4 Å². The third-order valence-electron chi connectivity index (χ3n) is 9.31. The summed E-state index contributed by atoms with van der Waals surface area (Å²) in [6.07, 6.45) is 19.0. The fourth-order valence-corrected chi connectivity index (χ4v) is 6.05. The van der Waals surface area contributed by atoms with Gasteiger partial charge in [-0.3, -0.25) is 9.59 Å². The van der Waals surface area contributed by atoms with E-state index in [9.17, 15) is 9.59 Å². The molecule has 7 nitrogen and oxygen atoms in total. The molecule has 0 unspecified atom stereocenters. The summed E-state index contributed by atoms with van der Waals surface area (Å²) in [7, 11) is 0. The summed E-state index contributed by atoms with van der Waals surface area (Å²) in [5, 5.41) is 18.3. The lowest BCUT2D eigenvalue weighted by Crippen LogP contribution is -2.09. The summed E-state index contributed by atoms with van der Waals surface area (Å²) in [6, 6.07) is 48.1. The third kappa shape index (κ3) is 11.5. The molecule has 0 aliphatic carbocycles. The molecule has 0 atom stereocenters. The molecule has 2 N–H and O–H groups in total. The van der Waals surface area contributed by atoms with Gasteiger partial charge >= 0.3 is 11.9 Å². The molecule has 0 aromatic heterocycles. The Bertz CT molecular complexity index is 2580. The first-order chi connectivity index (χ1) is 29.2. The first-order valence-electron chi connectivity index (χ1n) is 18.9. The highest BCUT2D eigenvalue weighted by Gasteiger charge is 2.13. The first kappa shape index (κ1) is 41.1. The van der Waals surface area contributed by atoms with E-state index in [0.717, 1.165) is 50.4 Å². The molecule has 290 valence electrons. The maximum Gasteiger partial charge on any atom is 0.333 e. The molecule has 0 radical (unpaired) electrons. The number of allylic oxidation sites excluding steroid dienone is 2. The van der Waals surface area contributed by atoms with Gasteiger partial charge in [0.15, 0.2) is 0 Å². The molecule has 0 aliphatic rings. The normalized spacial score (nSPS) is 11.9. The average Bonchev–Trinajstić information content (AvgIpc) is 3.27. The molecule has 6 aromatic rings. The molecule has 0 fully saturated rings. The molecule has 6 aromatic carbocycles. The smallest absolute Gasteiger partial charge is 0.333 e. The predicted molar refractivity (Wildman–Crippen MR) is 246 cm³/mol. The minimum absolute atomic E-state index is 0.332. The number of carboxylic acids is 2. The number of benzene rings is 6. The van der Waals surface area contributed by atoms with E-state index >= 15 is 0 Å². The van der Waals surface area contributed by atoms with Gasteiger partial charge in [-0.25, -0.2) is 9.69 Å². The van der Waals surface area contributed by atoms with Crippen molar-refractivity contribution in [2.45, 2.75) is 6.92 Å². The van der Waals surface area contributed by atoms with Crippen LogP contribution in [-0.2, 0) is 9.59 Å². The van der Waals surface area contributed by atoms with Crippen LogP contribution < -0.4 is 4.90 Å². The minimum Gasteiger partial charge on any atom is -0.486 e. The van der Waals surface area contributed by atoms with E-state index in [0.29, 0.717) is 11.1 Å². The summed E-state index contributed by atoms with van der Waals surface area (Å²) >= 11 is 0. The molecule has 0 bridgehead atoms. The van der Waals surface area contributed by atoms with Gasteiger partial charge in [-0.05, 0) is 100.0 Å². The van der Waals surface area contributed by atoms with Crippen LogP contribution in [0.2, 0.25) is 0 Å². The summed E-state index contributed by atoms with van der Waals surface area (Å²) in [5.41, 5.74) is 10.9. The fourth-order valence-electron chi connectivity index (χ4n) is 6.05. The minimum atomic E-state index is -1.25. The van der Waals surface area contributed by atoms with Crippen LogP contribution in [0.5, 0.6) is 0 Å². The number of nitrogens with zero attached hydrogens (tertiary/aromatic N) is 3. The van der Waals surface area contributed by atoms with Crippen LogP contribution in [-0.4, -0.2) is 22.2 Å². The van der Waals surface area contributed by atoms with E-state index in [1.54, 1.807) is 24.3 Å². The van der Waals surface area contributed by atoms with E-state index in [2.05, 4.69) is 131 Å². The highest BCUT2D eigenvalue weighted by Crippen LogP contribution is 2.35. The Morgan fingerprint density at radius 1 is 0.417 bits per heavy atom. The number of carboxylic acid groups (broad SMARTS) is 2. The van der Waals surface area contributed by atoms with Crippen molar-refractivity contribution in [2.75, 3.05) is 4.90 Å². The molecule has 6 rings (SSSR count). The fraction of sp³-hybridized carbons (Fsp3) is 0.0189. The van der Waals surface area contributed by atoms with Gasteiger partial charge in [0.05, 0.1) is 13.1 Å². The van der Waals surface area contributed by atoms with Crippen LogP contribution in [0.3, 0.4) is 0 Å². The quantitative estimate of drug-likeness (QED) is 0.0497. The highest BCUT2D eigenvalue weighted by molar-refractivity contribution is 5.95. The van der Waals surface area contributed by atoms with Crippen LogP contribution in [0.4, 0.5) is 17.1 Å². The van der Waals surface area contributed by atoms with Gasteiger partial charge < -0.3 is 15.1 Å². The molecule has 60 heavy (non-hydrogen) atoms. The van der Waals surface area contributed by atoms with Crippen molar-refractivity contribution in [3.8, 4) is 0 Å². The zero-order valence-corrected chi connectivity index (χ0v) is 32.7. The zero-order chi connectivity index (χ0) is 42.3. The van der Waals surface area contributed by atoms with Crippen molar-refractivity contribution in [2.24, 2.45) is 0 Å². The van der Waals surface area contributed by atoms with Crippen molar-refractivity contribution < 1.29 is 19.8 Å². The number of aliphatic carboxylic acids is 2. The summed E-state index contributed by atoms with van der Waals surface area (Å²) in [6.45, 7) is 16.2. The van der Waals surface area contributed by atoms with Gasteiger partial charge in [-0.1, -0.05) is 163 Å². The van der Waals surface area contributed by atoms with E-state index in [4.69, 9.17) is 23.4 Å². The SMILES string of the molecule is [C-]#[N+]C(=Cc1ccc(C=Cc2ccc(N(c3ccc(C=CC=Cc4ccc(C)cc4)cc3)c3ccc(C=Cc4ccc(C=C([N+]#[C-])C(=O)O)cc4)cc3)cc2)cc1)C(=O)O. The number of anilines is 3. The Morgan fingerprint density at radius 3 is 0.950 bits per heavy atom. The maximum atomic E-state index is 11.2.